The summed E-state index contributed by atoms with van der Waals surface area (Å²) in [5.41, 5.74) is 0.729. The Morgan fingerprint density at radius 1 is 1.22 bits per heavy atom. The first-order chi connectivity index (χ1) is 13.0. The van der Waals surface area contributed by atoms with Gasteiger partial charge in [-0.25, -0.2) is 0 Å². The van der Waals surface area contributed by atoms with Crippen molar-refractivity contribution >= 4 is 22.6 Å². The molecule has 0 radical (unpaired) electrons. The Bertz CT molecular complexity index is 1000. The monoisotopic (exact) mass is 369 g/mol. The fourth-order valence-electron chi connectivity index (χ4n) is 3.22. The molecule has 0 atom stereocenters. The highest BCUT2D eigenvalue weighted by Crippen LogP contribution is 2.16. The SMILES string of the molecule is CCCCNC(=O)CCc1nnc2n(CC(C)C)c(=O)c3ccccc3n12. The largest absolute Gasteiger partial charge is 0.356 e. The van der Waals surface area contributed by atoms with Crippen LogP contribution in [0.5, 0.6) is 0 Å². The topological polar surface area (TPSA) is 81.3 Å². The molecule has 7 heteroatoms. The zero-order chi connectivity index (χ0) is 19.4. The second-order valence-corrected chi connectivity index (χ2v) is 7.28. The molecule has 144 valence electrons. The van der Waals surface area contributed by atoms with Gasteiger partial charge < -0.3 is 5.32 Å². The summed E-state index contributed by atoms with van der Waals surface area (Å²) in [4.78, 5) is 25.0. The lowest BCUT2D eigenvalue weighted by molar-refractivity contribution is -0.121. The zero-order valence-corrected chi connectivity index (χ0v) is 16.2. The minimum Gasteiger partial charge on any atom is -0.356 e. The van der Waals surface area contributed by atoms with Gasteiger partial charge in [0.2, 0.25) is 11.7 Å². The van der Waals surface area contributed by atoms with Crippen LogP contribution in [0.3, 0.4) is 0 Å². The van der Waals surface area contributed by atoms with Crippen molar-refractivity contribution in [2.24, 2.45) is 5.92 Å². The predicted octanol–water partition coefficient (Wildman–Crippen LogP) is 2.55. The maximum absolute atomic E-state index is 12.9. The molecular formula is C20H27N5O2. The highest BCUT2D eigenvalue weighted by atomic mass is 16.1. The molecule has 2 heterocycles. The first-order valence-electron chi connectivity index (χ1n) is 9.65. The van der Waals surface area contributed by atoms with E-state index in [-0.39, 0.29) is 11.5 Å². The number of aromatic nitrogens is 4. The van der Waals surface area contributed by atoms with Crippen molar-refractivity contribution in [1.29, 1.82) is 0 Å². The molecule has 7 nitrogen and oxygen atoms in total. The van der Waals surface area contributed by atoms with Crippen LogP contribution in [0.2, 0.25) is 0 Å². The van der Waals surface area contributed by atoms with E-state index in [4.69, 9.17) is 0 Å². The van der Waals surface area contributed by atoms with Crippen LogP contribution in [0.25, 0.3) is 16.7 Å². The molecule has 0 spiro atoms. The smallest absolute Gasteiger partial charge is 0.262 e. The van der Waals surface area contributed by atoms with Crippen LogP contribution in [-0.4, -0.2) is 31.6 Å². The number of unbranched alkanes of at least 4 members (excludes halogenated alkanes) is 1. The number of carbonyl (C=O) groups is 1. The minimum absolute atomic E-state index is 0.0139. The molecule has 3 rings (SSSR count). The average molecular weight is 369 g/mol. The van der Waals surface area contributed by atoms with Gasteiger partial charge in [0.25, 0.3) is 5.56 Å². The Morgan fingerprint density at radius 2 is 2.00 bits per heavy atom. The predicted molar refractivity (Wildman–Crippen MR) is 106 cm³/mol. The molecule has 3 aromatic rings. The van der Waals surface area contributed by atoms with Crippen LogP contribution in [0.15, 0.2) is 29.1 Å². The van der Waals surface area contributed by atoms with Gasteiger partial charge in [0.1, 0.15) is 5.82 Å². The fraction of sp³-hybridized carbons (Fsp3) is 0.500. The fourth-order valence-corrected chi connectivity index (χ4v) is 3.22. The number of hydrogen-bond acceptors (Lipinski definition) is 4. The lowest BCUT2D eigenvalue weighted by Gasteiger charge is -2.13. The minimum atomic E-state index is -0.0527. The summed E-state index contributed by atoms with van der Waals surface area (Å²) >= 11 is 0. The lowest BCUT2D eigenvalue weighted by Crippen LogP contribution is -2.26. The van der Waals surface area contributed by atoms with Gasteiger partial charge >= 0.3 is 0 Å². The number of fused-ring (bicyclic) bond motifs is 3. The summed E-state index contributed by atoms with van der Waals surface area (Å²) in [5, 5.41) is 12.1. The van der Waals surface area contributed by atoms with Crippen LogP contribution < -0.4 is 10.9 Å². The Balaban J connectivity index is 1.99. The van der Waals surface area contributed by atoms with Gasteiger partial charge in [0.15, 0.2) is 0 Å². The van der Waals surface area contributed by atoms with E-state index in [2.05, 4.69) is 36.3 Å². The highest BCUT2D eigenvalue weighted by Gasteiger charge is 2.17. The molecule has 27 heavy (non-hydrogen) atoms. The molecule has 1 aromatic carbocycles. The van der Waals surface area contributed by atoms with Gasteiger partial charge in [-0.05, 0) is 24.5 Å². The Labute approximate surface area is 158 Å². The van der Waals surface area contributed by atoms with Crippen molar-refractivity contribution in [3.05, 3.63) is 40.4 Å². The van der Waals surface area contributed by atoms with Gasteiger partial charge in [-0.1, -0.05) is 39.3 Å². The number of rotatable bonds is 8. The van der Waals surface area contributed by atoms with Gasteiger partial charge in [-0.15, -0.1) is 10.2 Å². The quantitative estimate of drug-likeness (QED) is 0.619. The summed E-state index contributed by atoms with van der Waals surface area (Å²) < 4.78 is 3.60. The molecule has 2 aromatic heterocycles. The molecule has 0 fully saturated rings. The molecule has 0 aliphatic rings. The van der Waals surface area contributed by atoms with E-state index in [1.54, 1.807) is 4.57 Å². The number of benzene rings is 1. The van der Waals surface area contributed by atoms with E-state index in [1.807, 2.05) is 28.7 Å². The number of aryl methyl sites for hydroxylation is 1. The number of para-hydroxylation sites is 1. The molecule has 0 unspecified atom stereocenters. The van der Waals surface area contributed by atoms with Gasteiger partial charge in [-0.2, -0.15) is 0 Å². The van der Waals surface area contributed by atoms with Crippen molar-refractivity contribution in [3.8, 4) is 0 Å². The summed E-state index contributed by atoms with van der Waals surface area (Å²) in [6, 6.07) is 7.49. The van der Waals surface area contributed by atoms with E-state index in [0.29, 0.717) is 48.8 Å². The van der Waals surface area contributed by atoms with E-state index >= 15 is 0 Å². The van der Waals surface area contributed by atoms with Crippen LogP contribution in [0.1, 0.15) is 45.9 Å². The maximum atomic E-state index is 12.9. The molecule has 0 aliphatic carbocycles. The molecule has 0 aliphatic heterocycles. The Morgan fingerprint density at radius 3 is 2.74 bits per heavy atom. The second kappa shape index (κ2) is 8.33. The third-order valence-corrected chi connectivity index (χ3v) is 4.55. The highest BCUT2D eigenvalue weighted by molar-refractivity contribution is 5.80. The first-order valence-corrected chi connectivity index (χ1v) is 9.65. The number of carbonyl (C=O) groups excluding carboxylic acids is 1. The molecule has 0 saturated carbocycles. The van der Waals surface area contributed by atoms with Gasteiger partial charge in [-0.3, -0.25) is 18.6 Å². The second-order valence-electron chi connectivity index (χ2n) is 7.28. The number of nitrogens with zero attached hydrogens (tertiary/aromatic N) is 4. The number of hydrogen-bond donors (Lipinski definition) is 1. The number of nitrogens with one attached hydrogen (secondary N) is 1. The molecular weight excluding hydrogens is 342 g/mol. The summed E-state index contributed by atoms with van der Waals surface area (Å²) in [6.45, 7) is 7.50. The summed E-state index contributed by atoms with van der Waals surface area (Å²) in [6.07, 6.45) is 2.85. The van der Waals surface area contributed by atoms with E-state index in [0.717, 1.165) is 18.4 Å². The van der Waals surface area contributed by atoms with Gasteiger partial charge in [0.05, 0.1) is 10.9 Å². The van der Waals surface area contributed by atoms with Crippen molar-refractivity contribution in [1.82, 2.24) is 24.5 Å². The summed E-state index contributed by atoms with van der Waals surface area (Å²) in [7, 11) is 0. The van der Waals surface area contributed by atoms with Crippen LogP contribution in [0.4, 0.5) is 0 Å². The van der Waals surface area contributed by atoms with Crippen molar-refractivity contribution in [3.63, 3.8) is 0 Å². The third-order valence-electron chi connectivity index (χ3n) is 4.55. The van der Waals surface area contributed by atoms with Crippen LogP contribution >= 0.6 is 0 Å². The molecule has 0 saturated heterocycles. The van der Waals surface area contributed by atoms with Crippen molar-refractivity contribution < 1.29 is 4.79 Å². The van der Waals surface area contributed by atoms with E-state index in [9.17, 15) is 9.59 Å². The lowest BCUT2D eigenvalue weighted by atomic mass is 10.2. The first kappa shape index (κ1) is 19.1. The molecule has 1 amide bonds. The molecule has 1 N–H and O–H groups in total. The summed E-state index contributed by atoms with van der Waals surface area (Å²) in [5.74, 6) is 1.55. The third kappa shape index (κ3) is 4.02. The van der Waals surface area contributed by atoms with Crippen LogP contribution in [-0.2, 0) is 17.8 Å². The van der Waals surface area contributed by atoms with E-state index < -0.39 is 0 Å². The van der Waals surface area contributed by atoms with Crippen molar-refractivity contribution in [2.45, 2.75) is 53.0 Å². The number of amides is 1. The molecule has 0 bridgehead atoms. The Hall–Kier alpha value is -2.70. The average Bonchev–Trinajstić information content (AvgIpc) is 3.07. The Kier molecular flexibility index (Phi) is 5.88. The van der Waals surface area contributed by atoms with Crippen LogP contribution in [0, 0.1) is 5.92 Å². The standard InChI is InChI=1S/C20H27N5O2/c1-4-5-12-21-18(26)11-10-17-22-23-20-24(13-14(2)3)19(27)15-8-6-7-9-16(15)25(17)20/h6-9,14H,4-5,10-13H2,1-3H3,(H,21,26). The maximum Gasteiger partial charge on any atom is 0.262 e. The zero-order valence-electron chi connectivity index (χ0n) is 16.2. The van der Waals surface area contributed by atoms with E-state index in [1.165, 1.54) is 0 Å². The normalized spacial score (nSPS) is 11.6. The van der Waals surface area contributed by atoms with Crippen molar-refractivity contribution in [2.75, 3.05) is 6.54 Å². The van der Waals surface area contributed by atoms with Gasteiger partial charge in [0, 0.05) is 25.9 Å².